The van der Waals surface area contributed by atoms with Crippen molar-refractivity contribution < 1.29 is 4.79 Å². The highest BCUT2D eigenvalue weighted by Crippen LogP contribution is 2.12. The largest absolute Gasteiger partial charge is 0.351 e. The van der Waals surface area contributed by atoms with Crippen molar-refractivity contribution in [3.63, 3.8) is 0 Å². The van der Waals surface area contributed by atoms with E-state index in [4.69, 9.17) is 23.2 Å². The summed E-state index contributed by atoms with van der Waals surface area (Å²) in [4.78, 5) is 11.7. The number of amides is 1. The average Bonchev–Trinajstić information content (AvgIpc) is 2.92. The molecule has 2 N–H and O–H groups in total. The topological polar surface area (TPSA) is 75.6 Å². The summed E-state index contributed by atoms with van der Waals surface area (Å²) in [6, 6.07) is 0. The normalized spacial score (nSPS) is 10.7. The molecule has 0 atom stereocenters. The van der Waals surface area contributed by atoms with Crippen LogP contribution in [0.2, 0.25) is 10.0 Å². The summed E-state index contributed by atoms with van der Waals surface area (Å²) < 4.78 is 1.76. The third-order valence-corrected chi connectivity index (χ3v) is 3.21. The van der Waals surface area contributed by atoms with Crippen molar-refractivity contribution in [2.45, 2.75) is 19.9 Å². The summed E-state index contributed by atoms with van der Waals surface area (Å²) in [5.74, 6) is -0.267. The van der Waals surface area contributed by atoms with Gasteiger partial charge in [-0.05, 0) is 13.3 Å². The van der Waals surface area contributed by atoms with Crippen molar-refractivity contribution in [2.24, 2.45) is 0 Å². The summed E-state index contributed by atoms with van der Waals surface area (Å²) in [7, 11) is 0. The quantitative estimate of drug-likeness (QED) is 0.830. The molecule has 2 rings (SSSR count). The molecule has 0 aliphatic rings. The lowest BCUT2D eigenvalue weighted by Crippen LogP contribution is -2.26. The lowest BCUT2D eigenvalue weighted by molar-refractivity contribution is 0.0947. The Morgan fingerprint density at radius 3 is 2.84 bits per heavy atom. The zero-order valence-electron chi connectivity index (χ0n) is 10.3. The minimum atomic E-state index is -0.267. The van der Waals surface area contributed by atoms with Crippen LogP contribution in [0.4, 0.5) is 0 Å². The minimum absolute atomic E-state index is 0.267. The molecule has 0 spiro atoms. The molecular formula is C11H13Cl2N5O. The summed E-state index contributed by atoms with van der Waals surface area (Å²) in [6.45, 7) is 3.05. The Kier molecular flexibility index (Phi) is 4.44. The van der Waals surface area contributed by atoms with Crippen molar-refractivity contribution in [3.05, 3.63) is 33.8 Å². The first-order valence-corrected chi connectivity index (χ1v) is 6.50. The van der Waals surface area contributed by atoms with E-state index in [0.29, 0.717) is 23.1 Å². The summed E-state index contributed by atoms with van der Waals surface area (Å²) in [5.41, 5.74) is 1.08. The first-order valence-electron chi connectivity index (χ1n) is 5.74. The molecule has 2 aromatic heterocycles. The zero-order valence-corrected chi connectivity index (χ0v) is 11.8. The van der Waals surface area contributed by atoms with Crippen LogP contribution in [-0.4, -0.2) is 32.4 Å². The number of hydrogen-bond acceptors (Lipinski definition) is 3. The maximum absolute atomic E-state index is 11.7. The van der Waals surface area contributed by atoms with Crippen molar-refractivity contribution in [2.75, 3.05) is 6.54 Å². The van der Waals surface area contributed by atoms with Crippen LogP contribution in [0.3, 0.4) is 0 Å². The highest BCUT2D eigenvalue weighted by molar-refractivity contribution is 6.33. The van der Waals surface area contributed by atoms with E-state index in [9.17, 15) is 4.79 Å². The van der Waals surface area contributed by atoms with Gasteiger partial charge in [-0.15, -0.1) is 0 Å². The first kappa shape index (κ1) is 13.9. The van der Waals surface area contributed by atoms with E-state index in [0.717, 1.165) is 12.1 Å². The second-order valence-electron chi connectivity index (χ2n) is 4.03. The highest BCUT2D eigenvalue weighted by Gasteiger charge is 2.11. The monoisotopic (exact) mass is 301 g/mol. The second kappa shape index (κ2) is 6.08. The number of aryl methyl sites for hydroxylation is 2. The van der Waals surface area contributed by atoms with Gasteiger partial charge in [-0.3, -0.25) is 14.6 Å². The SMILES string of the molecule is Cc1nn(CCCNC(=O)c2[nH]ncc2Cl)cc1Cl. The van der Waals surface area contributed by atoms with E-state index in [1.807, 2.05) is 6.92 Å². The van der Waals surface area contributed by atoms with Crippen LogP contribution in [0.25, 0.3) is 0 Å². The lowest BCUT2D eigenvalue weighted by atomic mass is 10.3. The van der Waals surface area contributed by atoms with Crippen LogP contribution in [0.15, 0.2) is 12.4 Å². The number of carbonyl (C=O) groups is 1. The number of nitrogens with one attached hydrogen (secondary N) is 2. The fraction of sp³-hybridized carbons (Fsp3) is 0.364. The van der Waals surface area contributed by atoms with Gasteiger partial charge in [0.25, 0.3) is 5.91 Å². The fourth-order valence-corrected chi connectivity index (χ4v) is 1.90. The summed E-state index contributed by atoms with van der Waals surface area (Å²) in [5, 5.41) is 14.2. The molecule has 19 heavy (non-hydrogen) atoms. The van der Waals surface area contributed by atoms with Crippen LogP contribution in [0.1, 0.15) is 22.6 Å². The molecule has 2 aromatic rings. The third kappa shape index (κ3) is 3.48. The molecule has 0 saturated carbocycles. The van der Waals surface area contributed by atoms with Gasteiger partial charge in [-0.1, -0.05) is 23.2 Å². The van der Waals surface area contributed by atoms with E-state index in [1.54, 1.807) is 10.9 Å². The van der Waals surface area contributed by atoms with E-state index in [-0.39, 0.29) is 11.6 Å². The van der Waals surface area contributed by atoms with Gasteiger partial charge in [-0.25, -0.2) is 0 Å². The molecule has 2 heterocycles. The molecule has 0 fully saturated rings. The Morgan fingerprint density at radius 1 is 1.47 bits per heavy atom. The molecule has 8 heteroatoms. The van der Waals surface area contributed by atoms with Gasteiger partial charge in [-0.2, -0.15) is 10.2 Å². The molecule has 1 amide bonds. The number of carbonyl (C=O) groups excluding carboxylic acids is 1. The van der Waals surface area contributed by atoms with E-state index in [2.05, 4.69) is 20.6 Å². The first-order chi connectivity index (χ1) is 9.08. The lowest BCUT2D eigenvalue weighted by Gasteiger charge is -2.04. The van der Waals surface area contributed by atoms with Gasteiger partial charge in [0.1, 0.15) is 5.69 Å². The molecular weight excluding hydrogens is 289 g/mol. The van der Waals surface area contributed by atoms with Crippen LogP contribution >= 0.6 is 23.2 Å². The summed E-state index contributed by atoms with van der Waals surface area (Å²) >= 11 is 11.7. The molecule has 102 valence electrons. The predicted molar refractivity (Wildman–Crippen MR) is 72.5 cm³/mol. The number of hydrogen-bond donors (Lipinski definition) is 2. The van der Waals surface area contributed by atoms with Crippen LogP contribution in [0, 0.1) is 6.92 Å². The fourth-order valence-electron chi connectivity index (χ4n) is 1.57. The predicted octanol–water partition coefficient (Wildman–Crippen LogP) is 2.04. The molecule has 0 radical (unpaired) electrons. The Labute approximate surface area is 120 Å². The van der Waals surface area contributed by atoms with Crippen LogP contribution in [-0.2, 0) is 6.54 Å². The highest BCUT2D eigenvalue weighted by atomic mass is 35.5. The zero-order chi connectivity index (χ0) is 13.8. The van der Waals surface area contributed by atoms with E-state index in [1.165, 1.54) is 6.20 Å². The van der Waals surface area contributed by atoms with E-state index < -0.39 is 0 Å². The Balaban J connectivity index is 1.75. The maximum Gasteiger partial charge on any atom is 0.270 e. The minimum Gasteiger partial charge on any atom is -0.351 e. The second-order valence-corrected chi connectivity index (χ2v) is 4.84. The van der Waals surface area contributed by atoms with Crippen LogP contribution < -0.4 is 5.32 Å². The number of aromatic nitrogens is 4. The van der Waals surface area contributed by atoms with Crippen molar-refractivity contribution >= 4 is 29.1 Å². The molecule has 0 aliphatic carbocycles. The smallest absolute Gasteiger partial charge is 0.270 e. The number of halogens is 2. The standard InChI is InChI=1S/C11H13Cl2N5O/c1-7-9(13)6-18(17-7)4-2-3-14-11(19)10-8(12)5-15-16-10/h5-6H,2-4H2,1H3,(H,14,19)(H,15,16). The number of nitrogens with zero attached hydrogens (tertiary/aromatic N) is 3. The third-order valence-electron chi connectivity index (χ3n) is 2.56. The van der Waals surface area contributed by atoms with Crippen LogP contribution in [0.5, 0.6) is 0 Å². The molecule has 0 bridgehead atoms. The van der Waals surface area contributed by atoms with Crippen molar-refractivity contribution in [1.29, 1.82) is 0 Å². The number of H-pyrrole nitrogens is 1. The van der Waals surface area contributed by atoms with E-state index >= 15 is 0 Å². The van der Waals surface area contributed by atoms with Gasteiger partial charge in [0, 0.05) is 19.3 Å². The van der Waals surface area contributed by atoms with Gasteiger partial charge < -0.3 is 5.32 Å². The van der Waals surface area contributed by atoms with Gasteiger partial charge >= 0.3 is 0 Å². The molecule has 0 saturated heterocycles. The Morgan fingerprint density at radius 2 is 2.26 bits per heavy atom. The van der Waals surface area contributed by atoms with Gasteiger partial charge in [0.15, 0.2) is 0 Å². The number of aromatic amines is 1. The molecule has 6 nitrogen and oxygen atoms in total. The molecule has 0 aromatic carbocycles. The average molecular weight is 302 g/mol. The van der Waals surface area contributed by atoms with Gasteiger partial charge in [0.05, 0.1) is 21.9 Å². The molecule has 0 aliphatic heterocycles. The van der Waals surface area contributed by atoms with Gasteiger partial charge in [0.2, 0.25) is 0 Å². The Bertz CT molecular complexity index is 558. The van der Waals surface area contributed by atoms with Crippen molar-refractivity contribution in [1.82, 2.24) is 25.3 Å². The Hall–Kier alpha value is -1.53. The maximum atomic E-state index is 11.7. The summed E-state index contributed by atoms with van der Waals surface area (Å²) in [6.07, 6.45) is 3.91. The molecule has 0 unspecified atom stereocenters. The van der Waals surface area contributed by atoms with Crippen molar-refractivity contribution in [3.8, 4) is 0 Å². The number of rotatable bonds is 5.